The molecule has 0 aromatic carbocycles. The van der Waals surface area contributed by atoms with Crippen molar-refractivity contribution in [2.45, 2.75) is 380 Å². The number of allylic oxidation sites excluding steroid dienone is 12. The van der Waals surface area contributed by atoms with Crippen LogP contribution in [-0.4, -0.2) is 37.2 Å². The number of ether oxygens (including phenoxy) is 3. The molecule has 476 valence electrons. The van der Waals surface area contributed by atoms with Crippen molar-refractivity contribution in [2.24, 2.45) is 0 Å². The van der Waals surface area contributed by atoms with Gasteiger partial charge < -0.3 is 14.2 Å². The molecule has 1 atom stereocenters. The van der Waals surface area contributed by atoms with Gasteiger partial charge in [0.05, 0.1) is 0 Å². The molecule has 0 aliphatic heterocycles. The van der Waals surface area contributed by atoms with E-state index in [0.717, 1.165) is 103 Å². The highest BCUT2D eigenvalue weighted by molar-refractivity contribution is 5.71. The summed E-state index contributed by atoms with van der Waals surface area (Å²) in [6.45, 7) is 6.56. The number of carbonyl (C=O) groups is 3. The molecule has 82 heavy (non-hydrogen) atoms. The van der Waals surface area contributed by atoms with Crippen molar-refractivity contribution in [2.75, 3.05) is 13.2 Å². The minimum absolute atomic E-state index is 0.0801. The Hall–Kier alpha value is -3.15. The van der Waals surface area contributed by atoms with Gasteiger partial charge in [0.25, 0.3) is 0 Å². The predicted molar refractivity (Wildman–Crippen MR) is 358 cm³/mol. The summed E-state index contributed by atoms with van der Waals surface area (Å²) in [5.41, 5.74) is 0. The molecule has 0 fully saturated rings. The highest BCUT2D eigenvalue weighted by atomic mass is 16.6. The first-order valence-electron chi connectivity index (χ1n) is 35.9. The maximum Gasteiger partial charge on any atom is 0.306 e. The Kier molecular flexibility index (Phi) is 67.6. The first-order valence-corrected chi connectivity index (χ1v) is 35.9. The number of carbonyl (C=O) groups excluding carboxylic acids is 3. The minimum atomic E-state index is -0.786. The van der Waals surface area contributed by atoms with Crippen LogP contribution in [0.3, 0.4) is 0 Å². The van der Waals surface area contributed by atoms with Gasteiger partial charge in [-0.15, -0.1) is 0 Å². The molecule has 6 nitrogen and oxygen atoms in total. The molecule has 0 amide bonds. The van der Waals surface area contributed by atoms with Crippen molar-refractivity contribution in [1.82, 2.24) is 0 Å². The van der Waals surface area contributed by atoms with E-state index in [1.807, 2.05) is 0 Å². The smallest absolute Gasteiger partial charge is 0.306 e. The standard InChI is InChI=1S/C76H136O6/c1-4-7-10-13-16-19-22-25-28-31-33-35-37-38-39-41-42-45-48-51-54-57-60-63-66-69-75(78)81-72-73(71-80-74(77)68-65-62-59-56-53-50-47-44-30-27-24-21-18-15-12-9-6-3)82-76(79)70-67-64-61-58-55-52-49-46-43-40-36-34-32-29-26-23-20-17-14-11-8-5-2/h9,12,18,21-22,25,27,30-31,33,47,50,73H,4-8,10-11,13-17,19-20,23-24,26,28-29,32,34-46,48-49,51-72H2,1-3H3/b12-9-,21-18-,25-22-,30-27-,33-31-,50-47-. The topological polar surface area (TPSA) is 78.9 Å². The molecule has 0 radical (unpaired) electrons. The summed E-state index contributed by atoms with van der Waals surface area (Å²) < 4.78 is 17.0. The number of unbranched alkanes of at least 4 members (excludes halogenated alkanes) is 43. The van der Waals surface area contributed by atoms with Gasteiger partial charge in [-0.3, -0.25) is 14.4 Å². The van der Waals surface area contributed by atoms with Crippen molar-refractivity contribution in [1.29, 1.82) is 0 Å². The van der Waals surface area contributed by atoms with Gasteiger partial charge in [0, 0.05) is 19.3 Å². The number of rotatable bonds is 66. The average molecular weight is 1150 g/mol. The summed E-state index contributed by atoms with van der Waals surface area (Å²) in [5, 5.41) is 0. The van der Waals surface area contributed by atoms with E-state index < -0.39 is 6.10 Å². The second-order valence-corrected chi connectivity index (χ2v) is 24.1. The molecule has 0 aromatic rings. The van der Waals surface area contributed by atoms with Crippen LogP contribution in [0.1, 0.15) is 374 Å². The fraction of sp³-hybridized carbons (Fsp3) is 0.803. The lowest BCUT2D eigenvalue weighted by Gasteiger charge is -2.18. The zero-order valence-electron chi connectivity index (χ0n) is 54.8. The molecule has 0 saturated carbocycles. The summed E-state index contributed by atoms with van der Waals surface area (Å²) in [7, 11) is 0. The van der Waals surface area contributed by atoms with E-state index in [2.05, 4.69) is 93.7 Å². The lowest BCUT2D eigenvalue weighted by molar-refractivity contribution is -0.167. The lowest BCUT2D eigenvalue weighted by atomic mass is 10.0. The van der Waals surface area contributed by atoms with Crippen molar-refractivity contribution < 1.29 is 28.6 Å². The zero-order chi connectivity index (χ0) is 59.2. The van der Waals surface area contributed by atoms with Gasteiger partial charge in [0.2, 0.25) is 0 Å². The van der Waals surface area contributed by atoms with Crippen molar-refractivity contribution in [3.63, 3.8) is 0 Å². The molecule has 0 N–H and O–H groups in total. The molecular formula is C76H136O6. The summed E-state index contributed by atoms with van der Waals surface area (Å²) in [6, 6.07) is 0. The van der Waals surface area contributed by atoms with Gasteiger partial charge in [-0.2, -0.15) is 0 Å². The van der Waals surface area contributed by atoms with Gasteiger partial charge >= 0.3 is 17.9 Å². The molecule has 0 spiro atoms. The minimum Gasteiger partial charge on any atom is -0.462 e. The van der Waals surface area contributed by atoms with E-state index in [1.165, 1.54) is 231 Å². The molecular weight excluding hydrogens is 1010 g/mol. The molecule has 0 aliphatic carbocycles. The van der Waals surface area contributed by atoms with Crippen molar-refractivity contribution in [3.05, 3.63) is 72.9 Å². The van der Waals surface area contributed by atoms with E-state index in [4.69, 9.17) is 14.2 Å². The zero-order valence-corrected chi connectivity index (χ0v) is 54.8. The van der Waals surface area contributed by atoms with Crippen LogP contribution in [-0.2, 0) is 28.6 Å². The fourth-order valence-corrected chi connectivity index (χ4v) is 10.6. The first-order chi connectivity index (χ1) is 40.5. The Balaban J connectivity index is 4.33. The molecule has 0 rings (SSSR count). The van der Waals surface area contributed by atoms with E-state index >= 15 is 0 Å². The summed E-state index contributed by atoms with van der Waals surface area (Å²) in [6.07, 6.45) is 92.2. The second kappa shape index (κ2) is 70.3. The Morgan fingerprint density at radius 2 is 0.476 bits per heavy atom. The molecule has 1 unspecified atom stereocenters. The third-order valence-corrected chi connectivity index (χ3v) is 15.9. The van der Waals surface area contributed by atoms with E-state index in [1.54, 1.807) is 0 Å². The van der Waals surface area contributed by atoms with Crippen LogP contribution in [0.4, 0.5) is 0 Å². The molecule has 6 heteroatoms. The Bertz CT molecular complexity index is 1500. The third-order valence-electron chi connectivity index (χ3n) is 15.9. The van der Waals surface area contributed by atoms with Gasteiger partial charge in [-0.1, -0.05) is 338 Å². The number of esters is 3. The predicted octanol–water partition coefficient (Wildman–Crippen LogP) is 24.8. The molecule has 0 aliphatic rings. The average Bonchev–Trinajstić information content (AvgIpc) is 3.47. The Morgan fingerprint density at radius 1 is 0.256 bits per heavy atom. The maximum atomic E-state index is 13.0. The molecule has 0 heterocycles. The van der Waals surface area contributed by atoms with Crippen LogP contribution >= 0.6 is 0 Å². The number of hydrogen-bond acceptors (Lipinski definition) is 6. The normalized spacial score (nSPS) is 12.5. The number of hydrogen-bond donors (Lipinski definition) is 0. The van der Waals surface area contributed by atoms with Gasteiger partial charge in [0.15, 0.2) is 6.10 Å². The Labute approximate surface area is 510 Å². The third kappa shape index (κ3) is 67.6. The van der Waals surface area contributed by atoms with Gasteiger partial charge in [-0.05, 0) is 89.9 Å². The van der Waals surface area contributed by atoms with Gasteiger partial charge in [0.1, 0.15) is 13.2 Å². The highest BCUT2D eigenvalue weighted by Gasteiger charge is 2.19. The summed E-state index contributed by atoms with van der Waals surface area (Å²) in [5.74, 6) is -0.882. The van der Waals surface area contributed by atoms with Crippen LogP contribution in [0.25, 0.3) is 0 Å². The molecule has 0 aromatic heterocycles. The lowest BCUT2D eigenvalue weighted by Crippen LogP contribution is -2.30. The Morgan fingerprint density at radius 3 is 0.744 bits per heavy atom. The van der Waals surface area contributed by atoms with E-state index in [9.17, 15) is 14.4 Å². The van der Waals surface area contributed by atoms with Crippen molar-refractivity contribution >= 4 is 17.9 Å². The monoisotopic (exact) mass is 1150 g/mol. The van der Waals surface area contributed by atoms with Crippen LogP contribution in [0.2, 0.25) is 0 Å². The summed E-state index contributed by atoms with van der Waals surface area (Å²) >= 11 is 0. The summed E-state index contributed by atoms with van der Waals surface area (Å²) in [4.78, 5) is 38.5. The van der Waals surface area contributed by atoms with E-state index in [0.29, 0.717) is 19.3 Å². The highest BCUT2D eigenvalue weighted by Crippen LogP contribution is 2.18. The second-order valence-electron chi connectivity index (χ2n) is 24.1. The largest absolute Gasteiger partial charge is 0.462 e. The quantitative estimate of drug-likeness (QED) is 0.0261. The fourth-order valence-electron chi connectivity index (χ4n) is 10.6. The molecule has 0 saturated heterocycles. The first kappa shape index (κ1) is 78.8. The van der Waals surface area contributed by atoms with Crippen LogP contribution < -0.4 is 0 Å². The van der Waals surface area contributed by atoms with Crippen molar-refractivity contribution in [3.8, 4) is 0 Å². The van der Waals surface area contributed by atoms with Gasteiger partial charge in [-0.25, -0.2) is 0 Å². The molecule has 0 bridgehead atoms. The van der Waals surface area contributed by atoms with Crippen LogP contribution in [0.15, 0.2) is 72.9 Å². The SMILES string of the molecule is CC/C=C\C/C=C\C/C=C\C/C=C\CCCCCCC(=O)OCC(COC(=O)CCCCCCCCCCCCCCC/C=C\C/C=C\CCCCCCC)OC(=O)CCCCCCCCCCCCCCCCCCCCCCCC. The maximum absolute atomic E-state index is 13.0. The van der Waals surface area contributed by atoms with Crippen LogP contribution in [0.5, 0.6) is 0 Å². The van der Waals surface area contributed by atoms with E-state index in [-0.39, 0.29) is 31.1 Å². The van der Waals surface area contributed by atoms with Crippen LogP contribution in [0, 0.1) is 0 Å².